The number of aromatic nitrogens is 4. The van der Waals surface area contributed by atoms with Gasteiger partial charge >= 0.3 is 0 Å². The lowest BCUT2D eigenvalue weighted by atomic mass is 10.1. The normalized spacial score (nSPS) is 13.7. The molecule has 0 atom stereocenters. The third-order valence-electron chi connectivity index (χ3n) is 5.39. The first-order valence-corrected chi connectivity index (χ1v) is 9.97. The van der Waals surface area contributed by atoms with E-state index in [2.05, 4.69) is 25.1 Å². The number of hydrogen-bond donors (Lipinski definition) is 1. The van der Waals surface area contributed by atoms with Gasteiger partial charge in [-0.3, -0.25) is 9.78 Å². The maximum Gasteiger partial charge on any atom is 0.257 e. The van der Waals surface area contributed by atoms with Crippen molar-refractivity contribution in [2.75, 3.05) is 5.32 Å². The van der Waals surface area contributed by atoms with E-state index in [0.717, 1.165) is 47.7 Å². The molecule has 1 aliphatic heterocycles. The number of carbonyl (C=O) groups excluding carboxylic acids is 1. The van der Waals surface area contributed by atoms with Crippen molar-refractivity contribution >= 4 is 22.5 Å². The Morgan fingerprint density at radius 3 is 2.69 bits per heavy atom. The Morgan fingerprint density at radius 1 is 0.931 bits per heavy atom. The Bertz CT molecular complexity index is 1170. The van der Waals surface area contributed by atoms with Crippen LogP contribution in [0.3, 0.4) is 0 Å². The fourth-order valence-electron chi connectivity index (χ4n) is 3.89. The predicted molar refractivity (Wildman–Crippen MR) is 113 cm³/mol. The van der Waals surface area contributed by atoms with Gasteiger partial charge in [-0.05, 0) is 49.2 Å². The Morgan fingerprint density at radius 2 is 1.79 bits per heavy atom. The Kier molecular flexibility index (Phi) is 4.52. The molecule has 0 saturated carbocycles. The first-order valence-electron chi connectivity index (χ1n) is 9.97. The van der Waals surface area contributed by atoms with Crippen molar-refractivity contribution in [3.05, 3.63) is 72.2 Å². The van der Waals surface area contributed by atoms with Gasteiger partial charge in [0.2, 0.25) is 0 Å². The van der Waals surface area contributed by atoms with Crippen LogP contribution >= 0.6 is 0 Å². The third kappa shape index (κ3) is 3.38. The highest BCUT2D eigenvalue weighted by molar-refractivity contribution is 6.11. The number of rotatable bonds is 3. The van der Waals surface area contributed by atoms with Crippen LogP contribution in [0.2, 0.25) is 0 Å². The van der Waals surface area contributed by atoms with Crippen molar-refractivity contribution in [3.8, 4) is 11.4 Å². The minimum atomic E-state index is -0.168. The van der Waals surface area contributed by atoms with Crippen LogP contribution in [0.25, 0.3) is 22.3 Å². The zero-order chi connectivity index (χ0) is 19.6. The molecule has 1 amide bonds. The molecule has 144 valence electrons. The highest BCUT2D eigenvalue weighted by Gasteiger charge is 2.16. The molecule has 4 aromatic rings. The van der Waals surface area contributed by atoms with Gasteiger partial charge in [-0.15, -0.1) is 10.2 Å². The second kappa shape index (κ2) is 7.47. The van der Waals surface area contributed by atoms with E-state index in [1.807, 2.05) is 48.5 Å². The number of nitrogens with zero attached hydrogens (tertiary/aromatic N) is 4. The molecule has 2 aromatic heterocycles. The van der Waals surface area contributed by atoms with Gasteiger partial charge in [-0.2, -0.15) is 0 Å². The molecule has 6 heteroatoms. The second-order valence-corrected chi connectivity index (χ2v) is 7.31. The monoisotopic (exact) mass is 383 g/mol. The molecular weight excluding hydrogens is 362 g/mol. The van der Waals surface area contributed by atoms with E-state index in [9.17, 15) is 4.79 Å². The molecule has 5 rings (SSSR count). The molecule has 1 N–H and O–H groups in total. The summed E-state index contributed by atoms with van der Waals surface area (Å²) in [6, 6.07) is 17.2. The zero-order valence-corrected chi connectivity index (χ0v) is 16.0. The Hall–Kier alpha value is -3.54. The summed E-state index contributed by atoms with van der Waals surface area (Å²) >= 11 is 0. The van der Waals surface area contributed by atoms with Crippen LogP contribution in [-0.2, 0) is 13.0 Å². The van der Waals surface area contributed by atoms with Gasteiger partial charge in [0.05, 0.1) is 11.1 Å². The zero-order valence-electron chi connectivity index (χ0n) is 16.0. The number of pyridine rings is 1. The molecule has 0 radical (unpaired) electrons. The number of para-hydroxylation sites is 1. The molecule has 0 bridgehead atoms. The molecule has 0 spiro atoms. The van der Waals surface area contributed by atoms with Crippen molar-refractivity contribution < 1.29 is 4.79 Å². The van der Waals surface area contributed by atoms with Crippen molar-refractivity contribution in [2.24, 2.45) is 0 Å². The number of nitrogens with one attached hydrogen (secondary N) is 1. The van der Waals surface area contributed by atoms with Crippen molar-refractivity contribution in [1.82, 2.24) is 19.7 Å². The fraction of sp³-hybridized carbons (Fsp3) is 0.217. The van der Waals surface area contributed by atoms with Gasteiger partial charge in [0.1, 0.15) is 5.82 Å². The first-order chi connectivity index (χ1) is 14.3. The molecule has 3 heterocycles. The number of amides is 1. The largest absolute Gasteiger partial charge is 0.322 e. The molecule has 6 nitrogen and oxygen atoms in total. The number of carbonyl (C=O) groups is 1. The van der Waals surface area contributed by atoms with E-state index in [1.165, 1.54) is 12.8 Å². The molecule has 29 heavy (non-hydrogen) atoms. The fourth-order valence-corrected chi connectivity index (χ4v) is 3.89. The maximum absolute atomic E-state index is 12.8. The minimum absolute atomic E-state index is 0.168. The van der Waals surface area contributed by atoms with Gasteiger partial charge < -0.3 is 9.88 Å². The average molecular weight is 383 g/mol. The maximum atomic E-state index is 12.8. The lowest BCUT2D eigenvalue weighted by Gasteiger charge is -2.09. The molecular formula is C23H21N5O. The smallest absolute Gasteiger partial charge is 0.257 e. The van der Waals surface area contributed by atoms with Gasteiger partial charge in [0.25, 0.3) is 5.91 Å². The summed E-state index contributed by atoms with van der Waals surface area (Å²) in [4.78, 5) is 17.2. The number of anilines is 1. The lowest BCUT2D eigenvalue weighted by Crippen LogP contribution is -2.12. The summed E-state index contributed by atoms with van der Waals surface area (Å²) in [5.41, 5.74) is 3.02. The second-order valence-electron chi connectivity index (χ2n) is 7.31. The molecule has 2 aromatic carbocycles. The van der Waals surface area contributed by atoms with Crippen LogP contribution in [0.4, 0.5) is 5.69 Å². The summed E-state index contributed by atoms with van der Waals surface area (Å²) in [5, 5.41) is 12.7. The molecule has 0 saturated heterocycles. The van der Waals surface area contributed by atoms with Crippen LogP contribution < -0.4 is 5.32 Å². The van der Waals surface area contributed by atoms with Gasteiger partial charge in [0, 0.05) is 35.8 Å². The van der Waals surface area contributed by atoms with E-state index in [0.29, 0.717) is 11.1 Å². The highest BCUT2D eigenvalue weighted by atomic mass is 16.1. The SMILES string of the molecule is O=C(Nc1ccc(-c2nnc3n2CCCCC3)cc1)c1cccc2cccnc12. The van der Waals surface area contributed by atoms with Crippen molar-refractivity contribution in [2.45, 2.75) is 32.2 Å². The van der Waals surface area contributed by atoms with Crippen LogP contribution in [0.1, 0.15) is 35.4 Å². The van der Waals surface area contributed by atoms with Gasteiger partial charge in [0.15, 0.2) is 5.82 Å². The summed E-state index contributed by atoms with van der Waals surface area (Å²) < 4.78 is 2.22. The van der Waals surface area contributed by atoms with E-state index in [1.54, 1.807) is 12.3 Å². The summed E-state index contributed by atoms with van der Waals surface area (Å²) in [6.45, 7) is 0.963. The van der Waals surface area contributed by atoms with Crippen LogP contribution in [-0.4, -0.2) is 25.7 Å². The van der Waals surface area contributed by atoms with E-state index >= 15 is 0 Å². The molecule has 1 aliphatic rings. The Labute approximate surface area is 168 Å². The minimum Gasteiger partial charge on any atom is -0.322 e. The number of fused-ring (bicyclic) bond motifs is 2. The predicted octanol–water partition coefficient (Wildman–Crippen LogP) is 4.47. The first kappa shape index (κ1) is 17.6. The third-order valence-corrected chi connectivity index (χ3v) is 5.39. The van der Waals surface area contributed by atoms with E-state index in [4.69, 9.17) is 0 Å². The molecule has 0 fully saturated rings. The summed E-state index contributed by atoms with van der Waals surface area (Å²) in [6.07, 6.45) is 6.25. The van der Waals surface area contributed by atoms with Gasteiger partial charge in [-0.1, -0.05) is 24.6 Å². The summed E-state index contributed by atoms with van der Waals surface area (Å²) in [5.74, 6) is 1.80. The number of benzene rings is 2. The van der Waals surface area contributed by atoms with Crippen molar-refractivity contribution in [3.63, 3.8) is 0 Å². The van der Waals surface area contributed by atoms with Crippen LogP contribution in [0, 0.1) is 0 Å². The molecule has 0 unspecified atom stereocenters. The average Bonchev–Trinajstić information content (AvgIpc) is 3.02. The summed E-state index contributed by atoms with van der Waals surface area (Å²) in [7, 11) is 0. The van der Waals surface area contributed by atoms with Crippen LogP contribution in [0.15, 0.2) is 60.8 Å². The van der Waals surface area contributed by atoms with E-state index in [-0.39, 0.29) is 5.91 Å². The molecule has 0 aliphatic carbocycles. The quantitative estimate of drug-likeness (QED) is 0.566. The van der Waals surface area contributed by atoms with Gasteiger partial charge in [-0.25, -0.2) is 0 Å². The number of aryl methyl sites for hydroxylation is 1. The lowest BCUT2D eigenvalue weighted by molar-refractivity contribution is 0.102. The number of hydrogen-bond acceptors (Lipinski definition) is 4. The van der Waals surface area contributed by atoms with Crippen LogP contribution in [0.5, 0.6) is 0 Å². The standard InChI is InChI=1S/C23H21N5O/c29-23(19-8-4-6-16-7-5-14-24-21(16)19)25-18-12-10-17(11-13-18)22-27-26-20-9-2-1-3-15-28(20)22/h4-8,10-14H,1-3,9,15H2,(H,25,29). The van der Waals surface area contributed by atoms with E-state index < -0.39 is 0 Å². The van der Waals surface area contributed by atoms with Crippen molar-refractivity contribution in [1.29, 1.82) is 0 Å². The Balaban J connectivity index is 1.38. The topological polar surface area (TPSA) is 72.7 Å². The highest BCUT2D eigenvalue weighted by Crippen LogP contribution is 2.24.